The number of hydrogen-bond acceptors (Lipinski definition) is 4. The van der Waals surface area contributed by atoms with Gasteiger partial charge in [-0.25, -0.2) is 9.59 Å². The zero-order chi connectivity index (χ0) is 13.1. The topological polar surface area (TPSA) is 140 Å². The van der Waals surface area contributed by atoms with Crippen LogP contribution < -0.4 is 0 Å². The molecule has 0 spiro atoms. The number of epoxide rings is 2. The van der Waals surface area contributed by atoms with Gasteiger partial charge in [-0.1, -0.05) is 0 Å². The van der Waals surface area contributed by atoms with E-state index in [0.29, 0.717) is 12.2 Å². The lowest BCUT2D eigenvalue weighted by Crippen LogP contribution is -1.81. The molecule has 2 atom stereocenters. The Morgan fingerprint density at radius 1 is 0.875 bits per heavy atom. The van der Waals surface area contributed by atoms with E-state index in [9.17, 15) is 0 Å². The van der Waals surface area contributed by atoms with E-state index in [2.05, 4.69) is 13.8 Å². The van der Waals surface area contributed by atoms with Gasteiger partial charge in [-0.15, -0.1) is 0 Å². The molecule has 0 amide bonds. The van der Waals surface area contributed by atoms with E-state index in [1.165, 1.54) is 0 Å². The summed E-state index contributed by atoms with van der Waals surface area (Å²) in [7, 11) is 0. The fourth-order valence-corrected chi connectivity index (χ4v) is 0.192. The van der Waals surface area contributed by atoms with Crippen LogP contribution in [0.15, 0.2) is 0 Å². The van der Waals surface area contributed by atoms with Gasteiger partial charge in [-0.2, -0.15) is 0 Å². The average molecular weight is 240 g/mol. The van der Waals surface area contributed by atoms with Crippen LogP contribution in [-0.2, 0) is 9.47 Å². The molecule has 0 radical (unpaired) electrons. The first kappa shape index (κ1) is 16.9. The molecule has 2 aliphatic heterocycles. The molecule has 0 aromatic heterocycles. The maximum Gasteiger partial charge on any atom is 0.503 e. The van der Waals surface area contributed by atoms with Crippen molar-refractivity contribution in [1.82, 2.24) is 0 Å². The van der Waals surface area contributed by atoms with Gasteiger partial charge >= 0.3 is 12.3 Å². The highest BCUT2D eigenvalue weighted by molar-refractivity contribution is 5.53. The molecular weight excluding hydrogens is 224 g/mol. The molecule has 96 valence electrons. The highest BCUT2D eigenvalue weighted by Crippen LogP contribution is 2.04. The maximum atomic E-state index is 8.56. The molecule has 2 saturated heterocycles. The zero-order valence-corrected chi connectivity index (χ0v) is 8.99. The van der Waals surface area contributed by atoms with Gasteiger partial charge < -0.3 is 29.9 Å². The lowest BCUT2D eigenvalue weighted by molar-refractivity contribution is 0.135. The number of ether oxygens (including phenoxy) is 2. The Bertz CT molecular complexity index is 166. The van der Waals surface area contributed by atoms with Crippen LogP contribution in [0.5, 0.6) is 0 Å². The SMILES string of the molecule is CC1CO1.CC1CO1.O=C(O)O.O=C(O)O. The van der Waals surface area contributed by atoms with E-state index in [1.54, 1.807) is 0 Å². The molecule has 2 aliphatic rings. The van der Waals surface area contributed by atoms with Crippen molar-refractivity contribution in [2.45, 2.75) is 26.1 Å². The van der Waals surface area contributed by atoms with Gasteiger partial charge in [0.15, 0.2) is 0 Å². The minimum absolute atomic E-state index is 0.583. The van der Waals surface area contributed by atoms with Crippen molar-refractivity contribution in [3.8, 4) is 0 Å². The summed E-state index contributed by atoms with van der Waals surface area (Å²) in [6.45, 7) is 6.08. The Hall–Kier alpha value is -1.54. The normalized spacial score (nSPS) is 22.9. The maximum absolute atomic E-state index is 8.56. The quantitative estimate of drug-likeness (QED) is 0.464. The van der Waals surface area contributed by atoms with Gasteiger partial charge in [0.05, 0.1) is 25.4 Å². The summed E-state index contributed by atoms with van der Waals surface area (Å²) >= 11 is 0. The second-order valence-corrected chi connectivity index (χ2v) is 2.85. The Morgan fingerprint density at radius 2 is 0.938 bits per heavy atom. The Balaban J connectivity index is 0. The number of hydrogen-bond donors (Lipinski definition) is 4. The molecular formula is C8H16O8. The van der Waals surface area contributed by atoms with Crippen LogP contribution in [0.25, 0.3) is 0 Å². The summed E-state index contributed by atoms with van der Waals surface area (Å²) in [6, 6.07) is 0. The molecule has 2 unspecified atom stereocenters. The molecule has 16 heavy (non-hydrogen) atoms. The van der Waals surface area contributed by atoms with Crippen molar-refractivity contribution >= 4 is 12.3 Å². The molecule has 4 N–H and O–H groups in total. The third-order valence-corrected chi connectivity index (χ3v) is 1.00. The lowest BCUT2D eigenvalue weighted by Gasteiger charge is -1.60. The van der Waals surface area contributed by atoms with Crippen LogP contribution in [0, 0.1) is 0 Å². The summed E-state index contributed by atoms with van der Waals surface area (Å²) in [4.78, 5) is 17.1. The highest BCUT2D eigenvalue weighted by atomic mass is 16.6. The second-order valence-electron chi connectivity index (χ2n) is 2.85. The van der Waals surface area contributed by atoms with Crippen LogP contribution >= 0.6 is 0 Å². The first-order valence-corrected chi connectivity index (χ1v) is 4.32. The van der Waals surface area contributed by atoms with Gasteiger partial charge in [0, 0.05) is 0 Å². The van der Waals surface area contributed by atoms with Gasteiger partial charge in [0.25, 0.3) is 0 Å². The minimum Gasteiger partial charge on any atom is -0.450 e. The summed E-state index contributed by atoms with van der Waals surface area (Å²) in [5.74, 6) is 0. The Labute approximate surface area is 92.0 Å². The molecule has 2 rings (SSSR count). The van der Waals surface area contributed by atoms with Gasteiger partial charge in [-0.3, -0.25) is 0 Å². The van der Waals surface area contributed by atoms with Gasteiger partial charge in [0.2, 0.25) is 0 Å². The average Bonchev–Trinajstić information content (AvgIpc) is 2.91. The number of rotatable bonds is 0. The fourth-order valence-electron chi connectivity index (χ4n) is 0.192. The minimum atomic E-state index is -1.83. The standard InChI is InChI=1S/2C3H6O.2CH2O3/c2*1-3-2-4-3;2*2-1(3)4/h2*3H,2H2,1H3;2*(H2,2,3,4). The molecule has 0 aliphatic carbocycles. The van der Waals surface area contributed by atoms with Gasteiger partial charge in [0.1, 0.15) is 0 Å². The predicted octanol–water partition coefficient (Wildman–Crippen LogP) is 1.26. The summed E-state index contributed by atoms with van der Waals surface area (Å²) in [6.07, 6.45) is -2.50. The van der Waals surface area contributed by atoms with E-state index in [0.717, 1.165) is 13.2 Å². The molecule has 0 saturated carbocycles. The molecule has 8 nitrogen and oxygen atoms in total. The largest absolute Gasteiger partial charge is 0.503 e. The van der Waals surface area contributed by atoms with Crippen molar-refractivity contribution in [3.05, 3.63) is 0 Å². The Kier molecular flexibility index (Phi) is 10.5. The van der Waals surface area contributed by atoms with Crippen LogP contribution in [0.3, 0.4) is 0 Å². The van der Waals surface area contributed by atoms with Crippen molar-refractivity contribution in [3.63, 3.8) is 0 Å². The number of carboxylic acid groups (broad SMARTS) is 4. The van der Waals surface area contributed by atoms with Gasteiger partial charge in [-0.05, 0) is 13.8 Å². The van der Waals surface area contributed by atoms with E-state index < -0.39 is 12.3 Å². The van der Waals surface area contributed by atoms with E-state index in [4.69, 9.17) is 39.5 Å². The second kappa shape index (κ2) is 9.99. The van der Waals surface area contributed by atoms with Crippen LogP contribution in [0.1, 0.15) is 13.8 Å². The molecule has 0 bridgehead atoms. The third kappa shape index (κ3) is 82.3. The van der Waals surface area contributed by atoms with Crippen molar-refractivity contribution in [2.24, 2.45) is 0 Å². The summed E-state index contributed by atoms with van der Waals surface area (Å²) < 4.78 is 9.42. The van der Waals surface area contributed by atoms with E-state index in [1.807, 2.05) is 0 Å². The van der Waals surface area contributed by atoms with Crippen molar-refractivity contribution in [1.29, 1.82) is 0 Å². The monoisotopic (exact) mass is 240 g/mol. The highest BCUT2D eigenvalue weighted by Gasteiger charge is 2.13. The van der Waals surface area contributed by atoms with Crippen LogP contribution in [0.4, 0.5) is 9.59 Å². The van der Waals surface area contributed by atoms with E-state index in [-0.39, 0.29) is 0 Å². The van der Waals surface area contributed by atoms with Crippen molar-refractivity contribution < 1.29 is 39.5 Å². The van der Waals surface area contributed by atoms with E-state index >= 15 is 0 Å². The number of carbonyl (C=O) groups is 2. The van der Waals surface area contributed by atoms with Crippen molar-refractivity contribution in [2.75, 3.05) is 13.2 Å². The lowest BCUT2D eigenvalue weighted by atomic mass is 10.6. The fraction of sp³-hybridized carbons (Fsp3) is 0.750. The molecule has 8 heteroatoms. The molecule has 0 aromatic carbocycles. The molecule has 2 heterocycles. The zero-order valence-electron chi connectivity index (χ0n) is 8.99. The summed E-state index contributed by atoms with van der Waals surface area (Å²) in [5.41, 5.74) is 0. The van der Waals surface area contributed by atoms with Crippen LogP contribution in [-0.4, -0.2) is 58.2 Å². The first-order chi connectivity index (χ1) is 7.25. The third-order valence-electron chi connectivity index (χ3n) is 1.00. The first-order valence-electron chi connectivity index (χ1n) is 4.32. The molecule has 0 aromatic rings. The smallest absolute Gasteiger partial charge is 0.450 e. The predicted molar refractivity (Wildman–Crippen MR) is 52.1 cm³/mol. The molecule has 2 fully saturated rings. The summed E-state index contributed by atoms with van der Waals surface area (Å²) in [5, 5.41) is 27.9. The van der Waals surface area contributed by atoms with Crippen LogP contribution in [0.2, 0.25) is 0 Å². The Morgan fingerprint density at radius 3 is 0.938 bits per heavy atom.